The fraction of sp³-hybridized carbons (Fsp3) is 0.652. The van der Waals surface area contributed by atoms with E-state index in [0.29, 0.717) is 30.9 Å². The van der Waals surface area contributed by atoms with Gasteiger partial charge in [0, 0.05) is 45.8 Å². The highest BCUT2D eigenvalue weighted by atomic mass is 127. The Morgan fingerprint density at radius 3 is 2.66 bits per heavy atom. The summed E-state index contributed by atoms with van der Waals surface area (Å²) < 4.78 is 16.3. The molecule has 1 aromatic rings. The molecule has 1 heterocycles. The first-order valence-corrected chi connectivity index (χ1v) is 11.2. The minimum Gasteiger partial charge on any atom is -0.484 e. The van der Waals surface area contributed by atoms with Gasteiger partial charge in [-0.15, -0.1) is 24.0 Å². The van der Waals surface area contributed by atoms with Gasteiger partial charge in [0.15, 0.2) is 12.6 Å². The van der Waals surface area contributed by atoms with E-state index in [9.17, 15) is 4.79 Å². The summed E-state index contributed by atoms with van der Waals surface area (Å²) in [5.74, 6) is 2.15. The van der Waals surface area contributed by atoms with Crippen LogP contribution in [0.2, 0.25) is 0 Å². The van der Waals surface area contributed by atoms with E-state index in [1.165, 1.54) is 5.56 Å². The molecule has 32 heavy (non-hydrogen) atoms. The number of halogens is 1. The third-order valence-corrected chi connectivity index (χ3v) is 5.52. The van der Waals surface area contributed by atoms with Crippen LogP contribution in [0.25, 0.3) is 0 Å². The molecule has 1 saturated heterocycles. The molecular weight excluding hydrogens is 523 g/mol. The Morgan fingerprint density at radius 2 is 1.97 bits per heavy atom. The summed E-state index contributed by atoms with van der Waals surface area (Å²) in [4.78, 5) is 18.4. The van der Waals surface area contributed by atoms with Crippen LogP contribution >= 0.6 is 24.0 Å². The number of benzene rings is 1. The molecular formula is C23H37IN4O4. The Labute approximate surface area is 208 Å². The van der Waals surface area contributed by atoms with Gasteiger partial charge in [-0.1, -0.05) is 12.1 Å². The van der Waals surface area contributed by atoms with E-state index in [-0.39, 0.29) is 36.5 Å². The van der Waals surface area contributed by atoms with Gasteiger partial charge >= 0.3 is 0 Å². The predicted molar refractivity (Wildman–Crippen MR) is 136 cm³/mol. The number of likely N-dealkylation sites (tertiary alicyclic amines) is 1. The van der Waals surface area contributed by atoms with Gasteiger partial charge < -0.3 is 29.7 Å². The molecule has 1 atom stereocenters. The van der Waals surface area contributed by atoms with Crippen LogP contribution in [0.5, 0.6) is 5.75 Å². The maximum Gasteiger partial charge on any atom is 0.258 e. The number of carbonyl (C=O) groups excluding carboxylic acids is 1. The third kappa shape index (κ3) is 9.50. The Balaban J connectivity index is 0.00000363. The zero-order chi connectivity index (χ0) is 21.9. The lowest BCUT2D eigenvalue weighted by molar-refractivity contribution is -0.123. The first-order chi connectivity index (χ1) is 15.2. The number of nitrogens with zero attached hydrogens (tertiary/aromatic N) is 2. The van der Waals surface area contributed by atoms with Crippen molar-refractivity contribution in [2.45, 2.75) is 31.7 Å². The molecule has 0 aromatic heterocycles. The van der Waals surface area contributed by atoms with Gasteiger partial charge in [-0.2, -0.15) is 0 Å². The minimum absolute atomic E-state index is 0. The molecule has 180 valence electrons. The van der Waals surface area contributed by atoms with E-state index in [4.69, 9.17) is 14.2 Å². The Kier molecular flexibility index (Phi) is 12.1. The van der Waals surface area contributed by atoms with Crippen LogP contribution < -0.4 is 15.4 Å². The maximum atomic E-state index is 11.7. The lowest BCUT2D eigenvalue weighted by Crippen LogP contribution is -2.41. The van der Waals surface area contributed by atoms with E-state index < -0.39 is 0 Å². The molecule has 1 aliphatic carbocycles. The van der Waals surface area contributed by atoms with E-state index in [1.54, 1.807) is 7.11 Å². The van der Waals surface area contributed by atoms with Crippen LogP contribution in [0.1, 0.15) is 24.8 Å². The minimum atomic E-state index is -0.0483. The van der Waals surface area contributed by atoms with E-state index >= 15 is 0 Å². The van der Waals surface area contributed by atoms with E-state index in [0.717, 1.165) is 57.9 Å². The number of ether oxygens (including phenoxy) is 3. The summed E-state index contributed by atoms with van der Waals surface area (Å²) in [5.41, 5.74) is 1.21. The van der Waals surface area contributed by atoms with Crippen LogP contribution in [0.15, 0.2) is 29.3 Å². The second-order valence-electron chi connectivity index (χ2n) is 8.17. The highest BCUT2D eigenvalue weighted by Gasteiger charge is 2.25. The van der Waals surface area contributed by atoms with Gasteiger partial charge in [-0.3, -0.25) is 9.79 Å². The summed E-state index contributed by atoms with van der Waals surface area (Å²) in [6.45, 7) is 4.91. The van der Waals surface area contributed by atoms with Crippen molar-refractivity contribution < 1.29 is 19.0 Å². The van der Waals surface area contributed by atoms with Gasteiger partial charge in [0.25, 0.3) is 5.91 Å². The molecule has 1 aromatic carbocycles. The van der Waals surface area contributed by atoms with Crippen molar-refractivity contribution in [3.8, 4) is 5.75 Å². The number of hydrogen-bond donors (Lipinski definition) is 2. The van der Waals surface area contributed by atoms with Gasteiger partial charge in [0.05, 0.1) is 19.8 Å². The molecule has 2 N–H and O–H groups in total. The summed E-state index contributed by atoms with van der Waals surface area (Å²) in [5, 5.41) is 6.39. The lowest BCUT2D eigenvalue weighted by atomic mass is 10.1. The monoisotopic (exact) mass is 560 g/mol. The van der Waals surface area contributed by atoms with Crippen molar-refractivity contribution in [3.05, 3.63) is 29.8 Å². The second kappa shape index (κ2) is 14.5. The van der Waals surface area contributed by atoms with Gasteiger partial charge in [0.1, 0.15) is 5.75 Å². The highest BCUT2D eigenvalue weighted by molar-refractivity contribution is 14.0. The fourth-order valence-electron chi connectivity index (χ4n) is 3.60. The second-order valence-corrected chi connectivity index (χ2v) is 8.17. The molecule has 1 aliphatic heterocycles. The zero-order valence-electron chi connectivity index (χ0n) is 19.2. The van der Waals surface area contributed by atoms with Crippen LogP contribution in [-0.2, 0) is 20.7 Å². The number of carbonyl (C=O) groups is 1. The van der Waals surface area contributed by atoms with Crippen molar-refractivity contribution in [1.29, 1.82) is 0 Å². The number of hydrogen-bond acceptors (Lipinski definition) is 5. The average Bonchev–Trinajstić information content (AvgIpc) is 3.47. The fourth-order valence-corrected chi connectivity index (χ4v) is 3.60. The SMILES string of the molecule is CN=C(NCCc1ccc(OCC(=O)NC2CC2)cc1)N1CCC(COCCOC)C1.I. The first kappa shape index (κ1) is 26.7. The maximum absolute atomic E-state index is 11.7. The molecule has 3 rings (SSSR count). The molecule has 0 radical (unpaired) electrons. The predicted octanol–water partition coefficient (Wildman–Crippen LogP) is 2.06. The molecule has 8 nitrogen and oxygen atoms in total. The summed E-state index contributed by atoms with van der Waals surface area (Å²) >= 11 is 0. The number of guanidine groups is 1. The molecule has 2 aliphatic rings. The molecule has 0 spiro atoms. The Bertz CT molecular complexity index is 712. The lowest BCUT2D eigenvalue weighted by Gasteiger charge is -2.21. The normalized spacial score (nSPS) is 18.2. The molecule has 0 bridgehead atoms. The average molecular weight is 560 g/mol. The quantitative estimate of drug-likeness (QED) is 0.176. The van der Waals surface area contributed by atoms with Crippen LogP contribution in [-0.4, -0.2) is 83.0 Å². The van der Waals surface area contributed by atoms with Crippen molar-refractivity contribution in [2.75, 3.05) is 60.2 Å². The first-order valence-electron chi connectivity index (χ1n) is 11.2. The number of nitrogens with one attached hydrogen (secondary N) is 2. The van der Waals surface area contributed by atoms with Crippen LogP contribution in [0, 0.1) is 5.92 Å². The summed E-state index contributed by atoms with van der Waals surface area (Å²) in [6, 6.07) is 8.29. The Morgan fingerprint density at radius 1 is 1.19 bits per heavy atom. The summed E-state index contributed by atoms with van der Waals surface area (Å²) in [7, 11) is 3.52. The van der Waals surface area contributed by atoms with Gasteiger partial charge in [-0.25, -0.2) is 0 Å². The molecule has 1 saturated carbocycles. The highest BCUT2D eigenvalue weighted by Crippen LogP contribution is 2.19. The van der Waals surface area contributed by atoms with Crippen molar-refractivity contribution in [1.82, 2.24) is 15.5 Å². The number of methoxy groups -OCH3 is 1. The smallest absolute Gasteiger partial charge is 0.258 e. The van der Waals surface area contributed by atoms with Gasteiger partial charge in [-0.05, 0) is 43.4 Å². The third-order valence-electron chi connectivity index (χ3n) is 5.52. The number of rotatable bonds is 12. The van der Waals surface area contributed by atoms with Crippen molar-refractivity contribution >= 4 is 35.8 Å². The Hall–Kier alpha value is -1.59. The van der Waals surface area contributed by atoms with Crippen molar-refractivity contribution in [2.24, 2.45) is 10.9 Å². The molecule has 1 amide bonds. The zero-order valence-corrected chi connectivity index (χ0v) is 21.5. The topological polar surface area (TPSA) is 84.4 Å². The number of aliphatic imine (C=N–C) groups is 1. The standard InChI is InChI=1S/C23H36N4O4.HI/c1-24-23(27-12-10-19(15-27)16-30-14-13-29-2)25-11-9-18-3-7-21(8-4-18)31-17-22(28)26-20-5-6-20;/h3-4,7-8,19-20H,5-6,9-17H2,1-2H3,(H,24,25)(H,26,28);1H. The largest absolute Gasteiger partial charge is 0.484 e. The van der Waals surface area contributed by atoms with Crippen LogP contribution in [0.4, 0.5) is 0 Å². The molecule has 9 heteroatoms. The van der Waals surface area contributed by atoms with E-state index in [1.807, 2.05) is 31.3 Å². The van der Waals surface area contributed by atoms with Crippen molar-refractivity contribution in [3.63, 3.8) is 0 Å². The van der Waals surface area contributed by atoms with Crippen LogP contribution in [0.3, 0.4) is 0 Å². The summed E-state index contributed by atoms with van der Waals surface area (Å²) in [6.07, 6.45) is 4.17. The van der Waals surface area contributed by atoms with Gasteiger partial charge in [0.2, 0.25) is 0 Å². The van der Waals surface area contributed by atoms with E-state index in [2.05, 4.69) is 20.5 Å². The number of amides is 1. The molecule has 2 fully saturated rings. The molecule has 1 unspecified atom stereocenters.